The SMILES string of the molecule is C=C(C)CN(CC)C(=O)C(C)N(C)CC(=O)NC(C)(C)C. The summed E-state index contributed by atoms with van der Waals surface area (Å²) in [6, 6.07) is -0.338. The van der Waals surface area contributed by atoms with Crippen molar-refractivity contribution in [1.82, 2.24) is 15.1 Å². The number of rotatable bonds is 7. The van der Waals surface area contributed by atoms with Gasteiger partial charge in [0.15, 0.2) is 0 Å². The number of hydrogen-bond donors (Lipinski definition) is 1. The Hall–Kier alpha value is -1.36. The Balaban J connectivity index is 4.61. The van der Waals surface area contributed by atoms with Gasteiger partial charge in [0.25, 0.3) is 0 Å². The molecule has 0 aromatic carbocycles. The van der Waals surface area contributed by atoms with Gasteiger partial charge in [0.1, 0.15) is 0 Å². The first kappa shape index (κ1) is 19.6. The third-order valence-electron chi connectivity index (χ3n) is 3.08. The van der Waals surface area contributed by atoms with E-state index in [4.69, 9.17) is 0 Å². The van der Waals surface area contributed by atoms with Crippen LogP contribution in [0.15, 0.2) is 12.2 Å². The minimum Gasteiger partial charge on any atom is -0.350 e. The lowest BCUT2D eigenvalue weighted by Crippen LogP contribution is -2.51. The number of carbonyl (C=O) groups is 2. The van der Waals surface area contributed by atoms with Crippen molar-refractivity contribution in [3.8, 4) is 0 Å². The number of hydrogen-bond acceptors (Lipinski definition) is 3. The summed E-state index contributed by atoms with van der Waals surface area (Å²) >= 11 is 0. The molecular formula is C16H31N3O2. The molecule has 0 aliphatic heterocycles. The van der Waals surface area contributed by atoms with Crippen molar-refractivity contribution in [2.24, 2.45) is 0 Å². The summed E-state index contributed by atoms with van der Waals surface area (Å²) in [5.74, 6) is -0.0563. The first-order chi connectivity index (χ1) is 9.47. The Kier molecular flexibility index (Phi) is 7.64. The maximum absolute atomic E-state index is 12.4. The van der Waals surface area contributed by atoms with Crippen molar-refractivity contribution in [2.45, 2.75) is 53.1 Å². The lowest BCUT2D eigenvalue weighted by Gasteiger charge is -2.30. The first-order valence-corrected chi connectivity index (χ1v) is 7.42. The largest absolute Gasteiger partial charge is 0.350 e. The summed E-state index contributed by atoms with van der Waals surface area (Å²) in [5, 5.41) is 2.90. The van der Waals surface area contributed by atoms with E-state index in [1.807, 2.05) is 41.5 Å². The van der Waals surface area contributed by atoms with E-state index in [1.165, 1.54) is 0 Å². The Morgan fingerprint density at radius 2 is 1.76 bits per heavy atom. The van der Waals surface area contributed by atoms with Gasteiger partial charge in [-0.25, -0.2) is 0 Å². The molecule has 0 aromatic heterocycles. The summed E-state index contributed by atoms with van der Waals surface area (Å²) in [7, 11) is 1.79. The van der Waals surface area contributed by atoms with Gasteiger partial charge in [-0.15, -0.1) is 0 Å². The molecule has 0 fully saturated rings. The monoisotopic (exact) mass is 297 g/mol. The zero-order valence-corrected chi connectivity index (χ0v) is 14.6. The Labute approximate surface area is 129 Å². The molecule has 0 saturated heterocycles. The molecule has 0 saturated carbocycles. The lowest BCUT2D eigenvalue weighted by molar-refractivity contribution is -0.136. The van der Waals surface area contributed by atoms with Crippen molar-refractivity contribution in [3.05, 3.63) is 12.2 Å². The van der Waals surface area contributed by atoms with Crippen molar-refractivity contribution in [1.29, 1.82) is 0 Å². The molecule has 1 unspecified atom stereocenters. The van der Waals surface area contributed by atoms with Crippen LogP contribution in [0.3, 0.4) is 0 Å². The minimum atomic E-state index is -0.338. The first-order valence-electron chi connectivity index (χ1n) is 7.42. The van der Waals surface area contributed by atoms with E-state index in [1.54, 1.807) is 16.8 Å². The molecule has 0 aliphatic carbocycles. The lowest BCUT2D eigenvalue weighted by atomic mass is 10.1. The smallest absolute Gasteiger partial charge is 0.239 e. The van der Waals surface area contributed by atoms with E-state index in [0.717, 1.165) is 5.57 Å². The maximum Gasteiger partial charge on any atom is 0.239 e. The molecule has 2 amide bonds. The van der Waals surface area contributed by atoms with Crippen LogP contribution in [-0.2, 0) is 9.59 Å². The molecule has 1 atom stereocenters. The highest BCUT2D eigenvalue weighted by atomic mass is 16.2. The van der Waals surface area contributed by atoms with Crippen LogP contribution in [0.5, 0.6) is 0 Å². The predicted octanol–water partition coefficient (Wildman–Crippen LogP) is 1.65. The zero-order chi connectivity index (χ0) is 16.8. The van der Waals surface area contributed by atoms with Crippen LogP contribution in [0.4, 0.5) is 0 Å². The van der Waals surface area contributed by atoms with E-state index in [9.17, 15) is 9.59 Å². The second kappa shape index (κ2) is 8.17. The van der Waals surface area contributed by atoms with Crippen molar-refractivity contribution in [3.63, 3.8) is 0 Å². The van der Waals surface area contributed by atoms with Gasteiger partial charge in [0.2, 0.25) is 11.8 Å². The van der Waals surface area contributed by atoms with Crippen LogP contribution in [0.1, 0.15) is 41.5 Å². The van der Waals surface area contributed by atoms with Crippen LogP contribution in [0.2, 0.25) is 0 Å². The fourth-order valence-electron chi connectivity index (χ4n) is 1.95. The molecule has 0 aliphatic rings. The third-order valence-corrected chi connectivity index (χ3v) is 3.08. The average Bonchev–Trinajstić information content (AvgIpc) is 2.31. The van der Waals surface area contributed by atoms with Crippen LogP contribution in [-0.4, -0.2) is 59.9 Å². The standard InChI is InChI=1S/C16H31N3O2/c1-9-19(10-12(2)3)15(21)13(4)18(8)11-14(20)17-16(5,6)7/h13H,2,9-11H2,1,3-8H3,(H,17,20). The van der Waals surface area contributed by atoms with E-state index in [2.05, 4.69) is 11.9 Å². The van der Waals surface area contributed by atoms with E-state index < -0.39 is 0 Å². The Morgan fingerprint density at radius 3 is 2.14 bits per heavy atom. The van der Waals surface area contributed by atoms with Crippen molar-refractivity contribution in [2.75, 3.05) is 26.7 Å². The predicted molar refractivity (Wildman–Crippen MR) is 87.1 cm³/mol. The van der Waals surface area contributed by atoms with Gasteiger partial charge in [0.05, 0.1) is 12.6 Å². The molecule has 122 valence electrons. The average molecular weight is 297 g/mol. The van der Waals surface area contributed by atoms with Gasteiger partial charge in [-0.3, -0.25) is 14.5 Å². The molecule has 21 heavy (non-hydrogen) atoms. The molecule has 0 heterocycles. The zero-order valence-electron chi connectivity index (χ0n) is 14.6. The minimum absolute atomic E-state index is 0.0200. The molecule has 0 rings (SSSR count). The number of amides is 2. The van der Waals surface area contributed by atoms with E-state index >= 15 is 0 Å². The highest BCUT2D eigenvalue weighted by molar-refractivity contribution is 5.83. The van der Waals surface area contributed by atoms with Crippen LogP contribution >= 0.6 is 0 Å². The van der Waals surface area contributed by atoms with Gasteiger partial charge in [-0.1, -0.05) is 12.2 Å². The van der Waals surface area contributed by atoms with E-state index in [-0.39, 0.29) is 29.9 Å². The van der Waals surface area contributed by atoms with Crippen LogP contribution in [0.25, 0.3) is 0 Å². The van der Waals surface area contributed by atoms with Gasteiger partial charge >= 0.3 is 0 Å². The summed E-state index contributed by atoms with van der Waals surface area (Å²) in [4.78, 5) is 27.9. The van der Waals surface area contributed by atoms with Gasteiger partial charge in [-0.2, -0.15) is 0 Å². The van der Waals surface area contributed by atoms with Gasteiger partial charge in [0, 0.05) is 18.6 Å². The molecule has 5 heteroatoms. The number of likely N-dealkylation sites (N-methyl/N-ethyl adjacent to an activating group) is 2. The normalized spacial score (nSPS) is 13.0. The highest BCUT2D eigenvalue weighted by Gasteiger charge is 2.25. The number of nitrogens with zero attached hydrogens (tertiary/aromatic N) is 2. The molecule has 1 N–H and O–H groups in total. The van der Waals surface area contributed by atoms with Gasteiger partial charge < -0.3 is 10.2 Å². The molecule has 0 radical (unpaired) electrons. The molecule has 5 nitrogen and oxygen atoms in total. The maximum atomic E-state index is 12.4. The highest BCUT2D eigenvalue weighted by Crippen LogP contribution is 2.05. The summed E-state index contributed by atoms with van der Waals surface area (Å²) in [6.45, 7) is 16.7. The molecule has 0 bridgehead atoms. The van der Waals surface area contributed by atoms with Crippen molar-refractivity contribution < 1.29 is 9.59 Å². The fourth-order valence-corrected chi connectivity index (χ4v) is 1.95. The summed E-state index contributed by atoms with van der Waals surface area (Å²) in [5.41, 5.74) is 0.686. The second-order valence-corrected chi connectivity index (χ2v) is 6.70. The molecule has 0 aromatic rings. The van der Waals surface area contributed by atoms with Crippen LogP contribution in [0, 0.1) is 0 Å². The van der Waals surface area contributed by atoms with Gasteiger partial charge in [-0.05, 0) is 48.6 Å². The topological polar surface area (TPSA) is 52.7 Å². The number of nitrogens with one attached hydrogen (secondary N) is 1. The quantitative estimate of drug-likeness (QED) is 0.727. The molecule has 0 spiro atoms. The second-order valence-electron chi connectivity index (χ2n) is 6.70. The van der Waals surface area contributed by atoms with Crippen molar-refractivity contribution >= 4 is 11.8 Å². The fraction of sp³-hybridized carbons (Fsp3) is 0.750. The Morgan fingerprint density at radius 1 is 1.24 bits per heavy atom. The molecular weight excluding hydrogens is 266 g/mol. The van der Waals surface area contributed by atoms with E-state index in [0.29, 0.717) is 13.1 Å². The third kappa shape index (κ3) is 7.85. The summed E-state index contributed by atoms with van der Waals surface area (Å²) in [6.07, 6.45) is 0. The number of carbonyl (C=O) groups excluding carboxylic acids is 2. The Bertz CT molecular complexity index is 385. The summed E-state index contributed by atoms with van der Waals surface area (Å²) < 4.78 is 0. The van der Waals surface area contributed by atoms with Crippen LogP contribution < -0.4 is 5.32 Å².